The standard InChI is InChI=1S/C18H15ClN4O/c1-12-20-16(18(24)23-15-9-5-6-13(19)10-15)11-17(21-12)22-14-7-3-2-4-8-14/h2-11H,1H3,(H,23,24)(H,20,21,22). The Bertz CT molecular complexity index is 868. The third kappa shape index (κ3) is 4.08. The van der Waals surface area contributed by atoms with Crippen LogP contribution in [0, 0.1) is 6.92 Å². The number of rotatable bonds is 4. The van der Waals surface area contributed by atoms with Crippen molar-refractivity contribution in [3.8, 4) is 0 Å². The number of hydrogen-bond donors (Lipinski definition) is 2. The Kier molecular flexibility index (Phi) is 4.72. The van der Waals surface area contributed by atoms with E-state index in [1.54, 1.807) is 37.3 Å². The third-order valence-electron chi connectivity index (χ3n) is 3.20. The van der Waals surface area contributed by atoms with E-state index in [0.29, 0.717) is 22.4 Å². The van der Waals surface area contributed by atoms with Crippen LogP contribution in [0.4, 0.5) is 17.2 Å². The summed E-state index contributed by atoms with van der Waals surface area (Å²) in [5.74, 6) is 0.746. The minimum absolute atomic E-state index is 0.279. The van der Waals surface area contributed by atoms with Gasteiger partial charge < -0.3 is 10.6 Å². The Morgan fingerprint density at radius 1 is 0.958 bits per heavy atom. The highest BCUT2D eigenvalue weighted by atomic mass is 35.5. The van der Waals surface area contributed by atoms with Crippen LogP contribution in [0.25, 0.3) is 0 Å². The van der Waals surface area contributed by atoms with E-state index in [2.05, 4.69) is 20.6 Å². The number of aryl methyl sites for hydroxylation is 1. The molecule has 2 aromatic carbocycles. The summed E-state index contributed by atoms with van der Waals surface area (Å²) in [5, 5.41) is 6.49. The van der Waals surface area contributed by atoms with E-state index in [0.717, 1.165) is 5.69 Å². The van der Waals surface area contributed by atoms with E-state index in [4.69, 9.17) is 11.6 Å². The fraction of sp³-hybridized carbons (Fsp3) is 0.0556. The van der Waals surface area contributed by atoms with Gasteiger partial charge in [-0.3, -0.25) is 4.79 Å². The van der Waals surface area contributed by atoms with Gasteiger partial charge in [-0.05, 0) is 37.3 Å². The first-order chi connectivity index (χ1) is 11.6. The van der Waals surface area contributed by atoms with Crippen molar-refractivity contribution in [3.63, 3.8) is 0 Å². The van der Waals surface area contributed by atoms with Gasteiger partial charge in [0.25, 0.3) is 5.91 Å². The minimum Gasteiger partial charge on any atom is -0.340 e. The molecule has 0 aliphatic rings. The molecule has 6 heteroatoms. The van der Waals surface area contributed by atoms with Crippen LogP contribution in [-0.4, -0.2) is 15.9 Å². The van der Waals surface area contributed by atoms with Crippen molar-refractivity contribution in [1.82, 2.24) is 9.97 Å². The maximum Gasteiger partial charge on any atom is 0.274 e. The fourth-order valence-corrected chi connectivity index (χ4v) is 2.37. The van der Waals surface area contributed by atoms with Crippen molar-refractivity contribution in [2.45, 2.75) is 6.92 Å². The summed E-state index contributed by atoms with van der Waals surface area (Å²) >= 11 is 5.93. The second kappa shape index (κ2) is 7.10. The normalized spacial score (nSPS) is 10.2. The molecular formula is C18H15ClN4O. The Hall–Kier alpha value is -2.92. The number of hydrogen-bond acceptors (Lipinski definition) is 4. The molecule has 0 aliphatic carbocycles. The zero-order valence-corrected chi connectivity index (χ0v) is 13.7. The van der Waals surface area contributed by atoms with E-state index in [-0.39, 0.29) is 11.6 Å². The summed E-state index contributed by atoms with van der Waals surface area (Å²) in [4.78, 5) is 20.9. The monoisotopic (exact) mass is 338 g/mol. The van der Waals surface area contributed by atoms with E-state index in [1.165, 1.54) is 0 Å². The maximum absolute atomic E-state index is 12.4. The smallest absolute Gasteiger partial charge is 0.274 e. The lowest BCUT2D eigenvalue weighted by molar-refractivity contribution is 0.102. The van der Waals surface area contributed by atoms with Crippen molar-refractivity contribution < 1.29 is 4.79 Å². The molecule has 2 N–H and O–H groups in total. The number of nitrogens with one attached hydrogen (secondary N) is 2. The first-order valence-electron chi connectivity index (χ1n) is 7.35. The summed E-state index contributed by atoms with van der Waals surface area (Å²) in [6.07, 6.45) is 0. The average molecular weight is 339 g/mol. The number of aromatic nitrogens is 2. The number of halogens is 1. The van der Waals surface area contributed by atoms with Gasteiger partial charge in [-0.25, -0.2) is 9.97 Å². The largest absolute Gasteiger partial charge is 0.340 e. The first-order valence-corrected chi connectivity index (χ1v) is 7.72. The molecule has 0 fully saturated rings. The second-order valence-corrected chi connectivity index (χ2v) is 5.58. The van der Waals surface area contributed by atoms with Gasteiger partial charge in [0.15, 0.2) is 0 Å². The van der Waals surface area contributed by atoms with E-state index < -0.39 is 0 Å². The van der Waals surface area contributed by atoms with Gasteiger partial charge in [0, 0.05) is 22.5 Å². The molecular weight excluding hydrogens is 324 g/mol. The van der Waals surface area contributed by atoms with Crippen LogP contribution < -0.4 is 10.6 Å². The molecule has 1 aromatic heterocycles. The Morgan fingerprint density at radius 2 is 1.71 bits per heavy atom. The van der Waals surface area contributed by atoms with E-state index >= 15 is 0 Å². The summed E-state index contributed by atoms with van der Waals surface area (Å²) in [6, 6.07) is 18.2. The molecule has 0 unspecified atom stereocenters. The van der Waals surface area contributed by atoms with Gasteiger partial charge in [0.2, 0.25) is 0 Å². The SMILES string of the molecule is Cc1nc(Nc2ccccc2)cc(C(=O)Nc2cccc(Cl)c2)n1. The molecule has 1 amide bonds. The molecule has 1 heterocycles. The highest BCUT2D eigenvalue weighted by Gasteiger charge is 2.11. The summed E-state index contributed by atoms with van der Waals surface area (Å²) in [6.45, 7) is 1.74. The molecule has 24 heavy (non-hydrogen) atoms. The molecule has 0 spiro atoms. The third-order valence-corrected chi connectivity index (χ3v) is 3.43. The van der Waals surface area contributed by atoms with Crippen molar-refractivity contribution >= 4 is 34.7 Å². The quantitative estimate of drug-likeness (QED) is 0.738. The zero-order valence-electron chi connectivity index (χ0n) is 13.0. The molecule has 0 saturated carbocycles. The molecule has 5 nitrogen and oxygen atoms in total. The van der Waals surface area contributed by atoms with Gasteiger partial charge in [-0.1, -0.05) is 35.9 Å². The lowest BCUT2D eigenvalue weighted by atomic mass is 10.3. The number of anilines is 3. The van der Waals surface area contributed by atoms with Gasteiger partial charge >= 0.3 is 0 Å². The summed E-state index contributed by atoms with van der Waals surface area (Å²) in [5.41, 5.74) is 1.78. The molecule has 3 aromatic rings. The lowest BCUT2D eigenvalue weighted by Gasteiger charge is -2.09. The van der Waals surface area contributed by atoms with Crippen molar-refractivity contribution in [2.24, 2.45) is 0 Å². The fourth-order valence-electron chi connectivity index (χ4n) is 2.18. The van der Waals surface area contributed by atoms with Gasteiger partial charge in [0.1, 0.15) is 17.3 Å². The van der Waals surface area contributed by atoms with E-state index in [9.17, 15) is 4.79 Å². The van der Waals surface area contributed by atoms with Crippen LogP contribution in [0.5, 0.6) is 0 Å². The summed E-state index contributed by atoms with van der Waals surface area (Å²) < 4.78 is 0. The Morgan fingerprint density at radius 3 is 2.46 bits per heavy atom. The maximum atomic E-state index is 12.4. The number of carbonyl (C=O) groups is 1. The highest BCUT2D eigenvalue weighted by molar-refractivity contribution is 6.30. The average Bonchev–Trinajstić information content (AvgIpc) is 2.55. The number of carbonyl (C=O) groups excluding carboxylic acids is 1. The van der Waals surface area contributed by atoms with Crippen LogP contribution in [0.3, 0.4) is 0 Å². The molecule has 120 valence electrons. The molecule has 3 rings (SSSR count). The Balaban J connectivity index is 1.81. The molecule has 0 atom stereocenters. The van der Waals surface area contributed by atoms with Crippen molar-refractivity contribution in [3.05, 3.63) is 77.2 Å². The van der Waals surface area contributed by atoms with Gasteiger partial charge in [-0.2, -0.15) is 0 Å². The second-order valence-electron chi connectivity index (χ2n) is 5.14. The van der Waals surface area contributed by atoms with Crippen LogP contribution in [-0.2, 0) is 0 Å². The highest BCUT2D eigenvalue weighted by Crippen LogP contribution is 2.18. The molecule has 0 bridgehead atoms. The predicted molar refractivity (Wildman–Crippen MR) is 95.9 cm³/mol. The van der Waals surface area contributed by atoms with Crippen LogP contribution in [0.1, 0.15) is 16.3 Å². The van der Waals surface area contributed by atoms with Crippen LogP contribution >= 0.6 is 11.6 Å². The molecule has 0 radical (unpaired) electrons. The minimum atomic E-state index is -0.320. The van der Waals surface area contributed by atoms with E-state index in [1.807, 2.05) is 30.3 Å². The summed E-state index contributed by atoms with van der Waals surface area (Å²) in [7, 11) is 0. The van der Waals surface area contributed by atoms with Gasteiger partial charge in [0.05, 0.1) is 0 Å². The number of benzene rings is 2. The topological polar surface area (TPSA) is 66.9 Å². The van der Waals surface area contributed by atoms with Crippen LogP contribution in [0.15, 0.2) is 60.7 Å². The lowest BCUT2D eigenvalue weighted by Crippen LogP contribution is -2.15. The molecule has 0 aliphatic heterocycles. The predicted octanol–water partition coefficient (Wildman–Crippen LogP) is 4.43. The number of para-hydroxylation sites is 1. The number of nitrogens with zero attached hydrogens (tertiary/aromatic N) is 2. The zero-order chi connectivity index (χ0) is 16.9. The number of amides is 1. The Labute approximate surface area is 144 Å². The van der Waals surface area contributed by atoms with Crippen LogP contribution in [0.2, 0.25) is 5.02 Å². The first kappa shape index (κ1) is 16.0. The van der Waals surface area contributed by atoms with Gasteiger partial charge in [-0.15, -0.1) is 0 Å². The van der Waals surface area contributed by atoms with Crippen molar-refractivity contribution in [2.75, 3.05) is 10.6 Å². The molecule has 0 saturated heterocycles. The van der Waals surface area contributed by atoms with Crippen molar-refractivity contribution in [1.29, 1.82) is 0 Å².